The molecule has 2 atom stereocenters. The molecule has 122 valence electrons. The quantitative estimate of drug-likeness (QED) is 0.703. The Hall–Kier alpha value is -0.530. The van der Waals surface area contributed by atoms with Gasteiger partial charge in [0.1, 0.15) is 0 Å². The minimum absolute atomic E-state index is 0.0932. The minimum Gasteiger partial charge on any atom is -0.339 e. The van der Waals surface area contributed by atoms with Crippen LogP contribution in [0, 0.1) is 29.1 Å². The summed E-state index contributed by atoms with van der Waals surface area (Å²) in [5, 5.41) is 0. The van der Waals surface area contributed by atoms with Crippen molar-refractivity contribution in [2.24, 2.45) is 29.1 Å². The van der Waals surface area contributed by atoms with Gasteiger partial charge in [-0.15, -0.1) is 0 Å². The standard InChI is InChI=1S/C20H31NO/c22-19(21-7-6-17-4-2-1-3-5-18(17)21)20-11-14-8-15(12-20)10-16(9-14)13-20/h14-18H,1-13H2/t14?,15?,16?,17-,18+,20?/m1/s1. The van der Waals surface area contributed by atoms with Crippen molar-refractivity contribution in [1.82, 2.24) is 4.90 Å². The summed E-state index contributed by atoms with van der Waals surface area (Å²) in [6, 6.07) is 0.614. The van der Waals surface area contributed by atoms with Crippen LogP contribution in [0.1, 0.15) is 77.0 Å². The van der Waals surface area contributed by atoms with Gasteiger partial charge in [0.05, 0.1) is 5.41 Å². The third-order valence-corrected chi connectivity index (χ3v) is 8.01. The van der Waals surface area contributed by atoms with Crippen molar-refractivity contribution in [3.8, 4) is 0 Å². The molecule has 2 nitrogen and oxygen atoms in total. The molecule has 6 rings (SSSR count). The van der Waals surface area contributed by atoms with Gasteiger partial charge in [-0.05, 0) is 81.5 Å². The molecule has 0 aromatic rings. The van der Waals surface area contributed by atoms with Gasteiger partial charge in [0.2, 0.25) is 5.91 Å². The summed E-state index contributed by atoms with van der Waals surface area (Å²) in [5.41, 5.74) is 0.0932. The largest absolute Gasteiger partial charge is 0.339 e. The van der Waals surface area contributed by atoms with E-state index in [0.717, 1.165) is 30.2 Å². The maximum Gasteiger partial charge on any atom is 0.229 e. The van der Waals surface area contributed by atoms with Crippen LogP contribution in [0.15, 0.2) is 0 Å². The first-order chi connectivity index (χ1) is 10.7. The van der Waals surface area contributed by atoms with E-state index >= 15 is 0 Å². The molecule has 0 spiro atoms. The average molecular weight is 301 g/mol. The van der Waals surface area contributed by atoms with Crippen molar-refractivity contribution >= 4 is 5.91 Å². The van der Waals surface area contributed by atoms with Crippen LogP contribution in [-0.2, 0) is 4.79 Å². The van der Waals surface area contributed by atoms with E-state index in [2.05, 4.69) is 4.90 Å². The summed E-state index contributed by atoms with van der Waals surface area (Å²) < 4.78 is 0. The smallest absolute Gasteiger partial charge is 0.229 e. The van der Waals surface area contributed by atoms with Crippen LogP contribution in [0.25, 0.3) is 0 Å². The molecule has 5 aliphatic carbocycles. The average Bonchev–Trinajstić information content (AvgIpc) is 2.73. The third-order valence-electron chi connectivity index (χ3n) is 8.01. The normalized spacial score (nSPS) is 50.0. The summed E-state index contributed by atoms with van der Waals surface area (Å²) in [7, 11) is 0. The fraction of sp³-hybridized carbons (Fsp3) is 0.950. The number of hydrogen-bond acceptors (Lipinski definition) is 1. The Bertz CT molecular complexity index is 435. The highest BCUT2D eigenvalue weighted by molar-refractivity contribution is 5.84. The van der Waals surface area contributed by atoms with E-state index in [1.54, 1.807) is 0 Å². The Balaban J connectivity index is 1.40. The van der Waals surface area contributed by atoms with Crippen LogP contribution in [0.4, 0.5) is 0 Å². The Morgan fingerprint density at radius 2 is 1.45 bits per heavy atom. The lowest BCUT2D eigenvalue weighted by Gasteiger charge is -2.56. The fourth-order valence-corrected chi connectivity index (χ4v) is 7.51. The van der Waals surface area contributed by atoms with E-state index in [9.17, 15) is 4.79 Å². The van der Waals surface area contributed by atoms with Gasteiger partial charge in [-0.3, -0.25) is 4.79 Å². The van der Waals surface area contributed by atoms with Crippen molar-refractivity contribution < 1.29 is 4.79 Å². The maximum atomic E-state index is 13.6. The van der Waals surface area contributed by atoms with Gasteiger partial charge in [-0.25, -0.2) is 0 Å². The van der Waals surface area contributed by atoms with Gasteiger partial charge in [-0.2, -0.15) is 0 Å². The zero-order valence-corrected chi connectivity index (χ0v) is 13.9. The van der Waals surface area contributed by atoms with E-state index in [1.165, 1.54) is 77.0 Å². The third kappa shape index (κ3) is 2.01. The topological polar surface area (TPSA) is 20.3 Å². The van der Waals surface area contributed by atoms with Crippen molar-refractivity contribution in [2.75, 3.05) is 6.54 Å². The molecule has 6 fully saturated rings. The van der Waals surface area contributed by atoms with Crippen LogP contribution in [-0.4, -0.2) is 23.4 Å². The minimum atomic E-state index is 0.0932. The molecule has 1 amide bonds. The predicted octanol–water partition coefficient (Wildman–Crippen LogP) is 4.38. The van der Waals surface area contributed by atoms with Gasteiger partial charge in [0.15, 0.2) is 0 Å². The zero-order chi connectivity index (χ0) is 14.7. The van der Waals surface area contributed by atoms with Crippen molar-refractivity contribution in [3.05, 3.63) is 0 Å². The van der Waals surface area contributed by atoms with E-state index < -0.39 is 0 Å². The molecule has 0 aromatic heterocycles. The van der Waals surface area contributed by atoms with Crippen LogP contribution in [0.3, 0.4) is 0 Å². The first kappa shape index (κ1) is 13.9. The molecule has 0 radical (unpaired) electrons. The molecule has 1 aliphatic heterocycles. The molecule has 1 heterocycles. The summed E-state index contributed by atoms with van der Waals surface area (Å²) >= 11 is 0. The molecule has 1 saturated heterocycles. The molecule has 4 bridgehead atoms. The van der Waals surface area contributed by atoms with Gasteiger partial charge >= 0.3 is 0 Å². The lowest BCUT2D eigenvalue weighted by molar-refractivity contribution is -0.159. The van der Waals surface area contributed by atoms with Gasteiger partial charge in [0.25, 0.3) is 0 Å². The monoisotopic (exact) mass is 301 g/mol. The summed E-state index contributed by atoms with van der Waals surface area (Å²) in [6.07, 6.45) is 16.2. The molecule has 0 N–H and O–H groups in total. The lowest BCUT2D eigenvalue weighted by atomic mass is 9.49. The Labute approximate surface area is 135 Å². The van der Waals surface area contributed by atoms with E-state index in [0.29, 0.717) is 11.9 Å². The van der Waals surface area contributed by atoms with Gasteiger partial charge < -0.3 is 4.90 Å². The first-order valence-corrected chi connectivity index (χ1v) is 10.0. The van der Waals surface area contributed by atoms with Crippen LogP contribution in [0.2, 0.25) is 0 Å². The number of fused-ring (bicyclic) bond motifs is 1. The number of hydrogen-bond donors (Lipinski definition) is 0. The number of nitrogens with zero attached hydrogens (tertiary/aromatic N) is 1. The zero-order valence-electron chi connectivity index (χ0n) is 13.9. The Morgan fingerprint density at radius 3 is 2.14 bits per heavy atom. The van der Waals surface area contributed by atoms with Crippen LogP contribution in [0.5, 0.6) is 0 Å². The Kier molecular flexibility index (Phi) is 3.14. The fourth-order valence-electron chi connectivity index (χ4n) is 7.51. The first-order valence-electron chi connectivity index (χ1n) is 10.0. The molecule has 2 heteroatoms. The summed E-state index contributed by atoms with van der Waals surface area (Å²) in [5.74, 6) is 4.12. The maximum absolute atomic E-state index is 13.6. The SMILES string of the molecule is O=C(N1CC[C@H]2CCCCC[C@@H]21)C12CC3CC(CC(C3)C1)C2. The molecule has 22 heavy (non-hydrogen) atoms. The number of amides is 1. The second-order valence-electron chi connectivity index (χ2n) is 9.45. The van der Waals surface area contributed by atoms with Crippen LogP contribution < -0.4 is 0 Å². The van der Waals surface area contributed by atoms with E-state index in [4.69, 9.17) is 0 Å². The number of carbonyl (C=O) groups is 1. The highest BCUT2D eigenvalue weighted by Crippen LogP contribution is 2.61. The lowest BCUT2D eigenvalue weighted by Crippen LogP contribution is -2.55. The second-order valence-corrected chi connectivity index (χ2v) is 9.45. The number of rotatable bonds is 1. The van der Waals surface area contributed by atoms with Gasteiger partial charge in [-0.1, -0.05) is 19.3 Å². The Morgan fingerprint density at radius 1 is 0.818 bits per heavy atom. The van der Waals surface area contributed by atoms with Gasteiger partial charge in [0, 0.05) is 12.6 Å². The van der Waals surface area contributed by atoms with Crippen LogP contribution >= 0.6 is 0 Å². The predicted molar refractivity (Wildman–Crippen MR) is 87.3 cm³/mol. The van der Waals surface area contributed by atoms with Crippen molar-refractivity contribution in [3.63, 3.8) is 0 Å². The molecule has 0 unspecified atom stereocenters. The van der Waals surface area contributed by atoms with Crippen molar-refractivity contribution in [2.45, 2.75) is 83.1 Å². The van der Waals surface area contributed by atoms with E-state index in [1.807, 2.05) is 0 Å². The number of carbonyl (C=O) groups excluding carboxylic acids is 1. The highest BCUT2D eigenvalue weighted by atomic mass is 16.2. The molecular formula is C20H31NO. The summed E-state index contributed by atoms with van der Waals surface area (Å²) in [6.45, 7) is 1.08. The van der Waals surface area contributed by atoms with E-state index in [-0.39, 0.29) is 5.41 Å². The molecule has 6 aliphatic rings. The van der Waals surface area contributed by atoms with Crippen molar-refractivity contribution in [1.29, 1.82) is 0 Å². The molecular weight excluding hydrogens is 270 g/mol. The summed E-state index contributed by atoms with van der Waals surface area (Å²) in [4.78, 5) is 16.0. The molecule has 0 aromatic carbocycles. The second kappa shape index (κ2) is 4.98. The number of likely N-dealkylation sites (tertiary alicyclic amines) is 1. The highest BCUT2D eigenvalue weighted by Gasteiger charge is 2.56. The molecule has 5 saturated carbocycles.